The van der Waals surface area contributed by atoms with Gasteiger partial charge >= 0.3 is 17.9 Å². The molecule has 0 aliphatic rings. The first-order valence-electron chi connectivity index (χ1n) is 29.3. The third kappa shape index (κ3) is 56.5. The Morgan fingerprint density at radius 3 is 1.03 bits per heavy atom. The van der Waals surface area contributed by atoms with Gasteiger partial charge in [-0.3, -0.25) is 14.4 Å². The van der Waals surface area contributed by atoms with Gasteiger partial charge in [-0.15, -0.1) is 0 Å². The summed E-state index contributed by atoms with van der Waals surface area (Å²) in [6, 6.07) is 0. The number of allylic oxidation sites excluding steroid dienone is 22. The quantitative estimate of drug-likeness (QED) is 0.0199. The summed E-state index contributed by atoms with van der Waals surface area (Å²) in [4.78, 5) is 38.2. The molecule has 72 heavy (non-hydrogen) atoms. The van der Waals surface area contributed by atoms with Crippen LogP contribution in [0.3, 0.4) is 0 Å². The van der Waals surface area contributed by atoms with Gasteiger partial charge in [-0.2, -0.15) is 0 Å². The van der Waals surface area contributed by atoms with Crippen LogP contribution in [0.15, 0.2) is 134 Å². The molecule has 0 aliphatic carbocycles. The summed E-state index contributed by atoms with van der Waals surface area (Å²) in [6.07, 6.45) is 82.9. The average molecular weight is 996 g/mol. The van der Waals surface area contributed by atoms with Crippen LogP contribution in [0, 0.1) is 0 Å². The predicted octanol–water partition coefficient (Wildman–Crippen LogP) is 19.8. The van der Waals surface area contributed by atoms with Crippen LogP contribution in [-0.2, 0) is 28.6 Å². The van der Waals surface area contributed by atoms with E-state index in [9.17, 15) is 14.4 Å². The van der Waals surface area contributed by atoms with Gasteiger partial charge in [0.1, 0.15) is 13.2 Å². The smallest absolute Gasteiger partial charge is 0.306 e. The highest BCUT2D eigenvalue weighted by molar-refractivity contribution is 5.71. The Bertz CT molecular complexity index is 1560. The third-order valence-corrected chi connectivity index (χ3v) is 12.1. The van der Waals surface area contributed by atoms with Gasteiger partial charge in [0.2, 0.25) is 0 Å². The molecule has 0 spiro atoms. The monoisotopic (exact) mass is 995 g/mol. The summed E-state index contributed by atoms with van der Waals surface area (Å²) in [5.41, 5.74) is 0. The van der Waals surface area contributed by atoms with Crippen LogP contribution in [0.1, 0.15) is 245 Å². The molecule has 0 saturated heterocycles. The van der Waals surface area contributed by atoms with Gasteiger partial charge in [-0.05, 0) is 77.0 Å². The highest BCUT2D eigenvalue weighted by atomic mass is 16.6. The number of rotatable bonds is 51. The van der Waals surface area contributed by atoms with Crippen LogP contribution in [0.25, 0.3) is 0 Å². The lowest BCUT2D eigenvalue weighted by atomic mass is 10.0. The Morgan fingerprint density at radius 2 is 0.611 bits per heavy atom. The number of carbonyl (C=O) groups excluding carboxylic acids is 3. The first-order chi connectivity index (χ1) is 35.5. The maximum Gasteiger partial charge on any atom is 0.306 e. The molecule has 0 aliphatic heterocycles. The lowest BCUT2D eigenvalue weighted by Crippen LogP contribution is -2.30. The molecule has 406 valence electrons. The Hall–Kier alpha value is -4.45. The summed E-state index contributed by atoms with van der Waals surface area (Å²) in [7, 11) is 0. The van der Waals surface area contributed by atoms with Crippen molar-refractivity contribution in [3.63, 3.8) is 0 Å². The van der Waals surface area contributed by atoms with Crippen molar-refractivity contribution in [2.24, 2.45) is 0 Å². The highest BCUT2D eigenvalue weighted by Gasteiger charge is 2.19. The molecule has 0 aromatic heterocycles. The van der Waals surface area contributed by atoms with Gasteiger partial charge in [0.05, 0.1) is 0 Å². The zero-order chi connectivity index (χ0) is 52.2. The van der Waals surface area contributed by atoms with Crippen LogP contribution in [0.2, 0.25) is 0 Å². The Morgan fingerprint density at radius 1 is 0.306 bits per heavy atom. The van der Waals surface area contributed by atoms with Crippen molar-refractivity contribution in [3.05, 3.63) is 134 Å². The molecule has 0 N–H and O–H groups in total. The molecule has 0 fully saturated rings. The normalized spacial score (nSPS) is 13.1. The van der Waals surface area contributed by atoms with E-state index in [0.29, 0.717) is 19.3 Å². The van der Waals surface area contributed by atoms with Crippen LogP contribution >= 0.6 is 0 Å². The van der Waals surface area contributed by atoms with Crippen molar-refractivity contribution < 1.29 is 28.6 Å². The maximum absolute atomic E-state index is 12.9. The minimum absolute atomic E-state index is 0.101. The van der Waals surface area contributed by atoms with Gasteiger partial charge in [0.25, 0.3) is 0 Å². The van der Waals surface area contributed by atoms with Crippen molar-refractivity contribution in [2.75, 3.05) is 13.2 Å². The van der Waals surface area contributed by atoms with E-state index in [-0.39, 0.29) is 31.1 Å². The van der Waals surface area contributed by atoms with E-state index in [2.05, 4.69) is 81.5 Å². The SMILES string of the molecule is CC\C=C/C=C\C=C/C=C\C=C\C=C/C=C\CCCCCC(=O)OCC(COC(=O)CCCCCCCCCCCCCCCCCC)OC(=O)CCCCCCCC/C=C\C/C=C\C/C=C\C/C=C\CC. The lowest BCUT2D eigenvalue weighted by Gasteiger charge is -2.18. The van der Waals surface area contributed by atoms with Crippen molar-refractivity contribution in [1.82, 2.24) is 0 Å². The molecule has 1 atom stereocenters. The minimum atomic E-state index is -0.809. The molecular formula is C66H106O6. The fourth-order valence-electron chi connectivity index (χ4n) is 7.77. The molecule has 6 nitrogen and oxygen atoms in total. The van der Waals surface area contributed by atoms with E-state index in [1.807, 2.05) is 72.9 Å². The van der Waals surface area contributed by atoms with E-state index in [4.69, 9.17) is 14.2 Å². The van der Waals surface area contributed by atoms with Crippen molar-refractivity contribution in [1.29, 1.82) is 0 Å². The van der Waals surface area contributed by atoms with Crippen molar-refractivity contribution in [3.8, 4) is 0 Å². The fourth-order valence-corrected chi connectivity index (χ4v) is 7.77. The molecule has 0 bridgehead atoms. The molecule has 0 rings (SSSR count). The first-order valence-corrected chi connectivity index (χ1v) is 29.3. The van der Waals surface area contributed by atoms with E-state index < -0.39 is 6.10 Å². The molecule has 0 aromatic rings. The van der Waals surface area contributed by atoms with E-state index in [0.717, 1.165) is 109 Å². The number of esters is 3. The van der Waals surface area contributed by atoms with Crippen LogP contribution < -0.4 is 0 Å². The number of ether oxygens (including phenoxy) is 3. The third-order valence-electron chi connectivity index (χ3n) is 12.1. The zero-order valence-electron chi connectivity index (χ0n) is 46.4. The molecule has 0 heterocycles. The molecule has 0 radical (unpaired) electrons. The summed E-state index contributed by atoms with van der Waals surface area (Å²) < 4.78 is 16.8. The summed E-state index contributed by atoms with van der Waals surface area (Å²) in [5, 5.41) is 0. The second kappa shape index (κ2) is 59.1. The highest BCUT2D eigenvalue weighted by Crippen LogP contribution is 2.15. The van der Waals surface area contributed by atoms with Gasteiger partial charge in [0.15, 0.2) is 6.10 Å². The second-order valence-electron chi connectivity index (χ2n) is 19.0. The first kappa shape index (κ1) is 67.5. The fraction of sp³-hybridized carbons (Fsp3) is 0.621. The Kier molecular flexibility index (Phi) is 55.5. The molecule has 0 amide bonds. The minimum Gasteiger partial charge on any atom is -0.462 e. The Labute approximate surface area is 443 Å². The van der Waals surface area contributed by atoms with Crippen molar-refractivity contribution >= 4 is 17.9 Å². The number of unbranched alkanes of at least 4 members (excludes halogenated alkanes) is 24. The topological polar surface area (TPSA) is 78.9 Å². The maximum atomic E-state index is 12.9. The molecule has 0 saturated carbocycles. The number of hydrogen-bond acceptors (Lipinski definition) is 6. The predicted molar refractivity (Wildman–Crippen MR) is 311 cm³/mol. The van der Waals surface area contributed by atoms with E-state index >= 15 is 0 Å². The Balaban J connectivity index is 4.53. The van der Waals surface area contributed by atoms with Crippen LogP contribution in [0.4, 0.5) is 0 Å². The molecule has 6 heteroatoms. The standard InChI is InChI=1S/C66H106O6/c1-4-7-10-13-16-19-22-25-28-31-33-35-38-41-44-47-50-53-56-59-65(68)71-62-63(61-70-64(67)58-55-52-49-46-43-40-37-30-27-24-21-18-15-12-9-6-3)72-66(69)60-57-54-51-48-45-42-39-36-34-32-29-26-23-20-17-14-11-8-5-2/h7-8,10-11,13,16-17,19-20,22,25-26,28-29,31,33-36,38,41,44,63H,4-6,9,12,14-15,18,21,23-24,27,30,32,37,39-40,42-43,45-62H2,1-3H3/b10-7-,11-8-,16-13-,20-17-,22-19-,28-25-,29-26-,33-31+,36-34-,38-35-,44-41-. The molecular weight excluding hydrogens is 889 g/mol. The van der Waals surface area contributed by atoms with E-state index in [1.165, 1.54) is 96.3 Å². The zero-order valence-corrected chi connectivity index (χ0v) is 46.4. The molecule has 0 aromatic carbocycles. The summed E-state index contributed by atoms with van der Waals surface area (Å²) in [6.45, 7) is 6.34. The van der Waals surface area contributed by atoms with Gasteiger partial charge in [-0.1, -0.05) is 283 Å². The van der Waals surface area contributed by atoms with Crippen LogP contribution in [0.5, 0.6) is 0 Å². The van der Waals surface area contributed by atoms with Crippen LogP contribution in [-0.4, -0.2) is 37.2 Å². The lowest BCUT2D eigenvalue weighted by molar-refractivity contribution is -0.167. The average Bonchev–Trinajstić information content (AvgIpc) is 3.38. The number of carbonyl (C=O) groups is 3. The van der Waals surface area contributed by atoms with Gasteiger partial charge < -0.3 is 14.2 Å². The molecule has 1 unspecified atom stereocenters. The van der Waals surface area contributed by atoms with Crippen molar-refractivity contribution in [2.45, 2.75) is 252 Å². The number of hydrogen-bond donors (Lipinski definition) is 0. The van der Waals surface area contributed by atoms with E-state index in [1.54, 1.807) is 0 Å². The van der Waals surface area contributed by atoms with Gasteiger partial charge in [-0.25, -0.2) is 0 Å². The van der Waals surface area contributed by atoms with Gasteiger partial charge in [0, 0.05) is 19.3 Å². The second-order valence-corrected chi connectivity index (χ2v) is 19.0. The summed E-state index contributed by atoms with van der Waals surface area (Å²) in [5.74, 6) is -0.962. The largest absolute Gasteiger partial charge is 0.462 e. The summed E-state index contributed by atoms with van der Waals surface area (Å²) >= 11 is 0.